The van der Waals surface area contributed by atoms with Crippen LogP contribution in [0.5, 0.6) is 0 Å². The molecule has 0 aliphatic carbocycles. The number of aliphatic imine (C=N–C) groups is 1. The summed E-state index contributed by atoms with van der Waals surface area (Å²) in [6.07, 6.45) is 1.97. The van der Waals surface area contributed by atoms with Crippen LogP contribution in [0.1, 0.15) is 32.8 Å². The number of aryl methyl sites for hydroxylation is 1. The van der Waals surface area contributed by atoms with Gasteiger partial charge in [0.25, 0.3) is 0 Å². The Kier molecular flexibility index (Phi) is 5.49. The highest BCUT2D eigenvalue weighted by molar-refractivity contribution is 5.90. The van der Waals surface area contributed by atoms with Gasteiger partial charge in [0, 0.05) is 18.2 Å². The minimum absolute atomic E-state index is 0.131. The summed E-state index contributed by atoms with van der Waals surface area (Å²) in [6, 6.07) is 3.66. The molecule has 0 fully saturated rings. The third-order valence-corrected chi connectivity index (χ3v) is 2.30. The van der Waals surface area contributed by atoms with Gasteiger partial charge in [-0.25, -0.2) is 4.98 Å². The first-order valence-corrected chi connectivity index (χ1v) is 6.57. The Labute approximate surface area is 119 Å². The minimum atomic E-state index is -0.137. The number of carbonyl (C=O) groups excluding carboxylic acids is 1. The van der Waals surface area contributed by atoms with E-state index in [1.807, 2.05) is 33.8 Å². The highest BCUT2D eigenvalue weighted by atomic mass is 16.1. The molecule has 1 heterocycles. The summed E-state index contributed by atoms with van der Waals surface area (Å²) in [5.41, 5.74) is 6.62. The number of nitrogens with two attached hydrogens (primary N) is 1. The molecule has 20 heavy (non-hydrogen) atoms. The fourth-order valence-electron chi connectivity index (χ4n) is 1.45. The van der Waals surface area contributed by atoms with Crippen LogP contribution >= 0.6 is 0 Å². The Hall–Kier alpha value is -2.11. The molecule has 0 radical (unpaired) electrons. The van der Waals surface area contributed by atoms with Gasteiger partial charge >= 0.3 is 0 Å². The van der Waals surface area contributed by atoms with Crippen molar-refractivity contribution in [2.45, 2.75) is 39.7 Å². The van der Waals surface area contributed by atoms with Crippen LogP contribution in [0, 0.1) is 6.92 Å². The monoisotopic (exact) mass is 277 g/mol. The first-order chi connectivity index (χ1) is 9.26. The number of nitrogens with zero attached hydrogens (tertiary/aromatic N) is 2. The van der Waals surface area contributed by atoms with Crippen molar-refractivity contribution < 1.29 is 4.79 Å². The molecule has 1 rings (SSSR count). The highest BCUT2D eigenvalue weighted by Gasteiger charge is 2.09. The van der Waals surface area contributed by atoms with Crippen molar-refractivity contribution in [3.8, 4) is 0 Å². The third kappa shape index (κ3) is 6.72. The standard InChI is InChI=1S/C14H23N5O/c1-10-5-6-11(17-9-10)18-12(20)7-8-16-13(15)19-14(2,3)4/h5-6,9H,7-8H2,1-4H3,(H3,15,16,19)(H,17,18,20). The number of guanidine groups is 1. The normalized spacial score (nSPS) is 12.1. The van der Waals surface area contributed by atoms with Gasteiger partial charge in [-0.3, -0.25) is 9.79 Å². The van der Waals surface area contributed by atoms with Gasteiger partial charge in [0.15, 0.2) is 5.96 Å². The van der Waals surface area contributed by atoms with E-state index in [1.54, 1.807) is 12.3 Å². The summed E-state index contributed by atoms with van der Waals surface area (Å²) in [5.74, 6) is 0.762. The van der Waals surface area contributed by atoms with Crippen LogP contribution in [-0.2, 0) is 4.79 Å². The number of carbonyl (C=O) groups is 1. The highest BCUT2D eigenvalue weighted by Crippen LogP contribution is 2.04. The molecule has 0 saturated heterocycles. The lowest BCUT2D eigenvalue weighted by Crippen LogP contribution is -2.45. The first-order valence-electron chi connectivity index (χ1n) is 6.57. The number of nitrogens with one attached hydrogen (secondary N) is 2. The average molecular weight is 277 g/mol. The lowest BCUT2D eigenvalue weighted by Gasteiger charge is -2.20. The molecule has 6 heteroatoms. The maximum atomic E-state index is 11.7. The van der Waals surface area contributed by atoms with Crippen LogP contribution in [0.25, 0.3) is 0 Å². The van der Waals surface area contributed by atoms with E-state index in [0.717, 1.165) is 5.56 Å². The molecule has 0 bridgehead atoms. The van der Waals surface area contributed by atoms with Crippen molar-refractivity contribution >= 4 is 17.7 Å². The van der Waals surface area contributed by atoms with Crippen LogP contribution in [0.4, 0.5) is 5.82 Å². The van der Waals surface area contributed by atoms with Gasteiger partial charge in [-0.05, 0) is 39.3 Å². The van der Waals surface area contributed by atoms with E-state index in [0.29, 0.717) is 18.3 Å². The van der Waals surface area contributed by atoms with E-state index < -0.39 is 0 Å². The molecule has 0 aromatic carbocycles. The van der Waals surface area contributed by atoms with Gasteiger partial charge in [0.2, 0.25) is 5.91 Å². The molecule has 1 aromatic heterocycles. The third-order valence-electron chi connectivity index (χ3n) is 2.30. The maximum Gasteiger partial charge on any atom is 0.227 e. The van der Waals surface area contributed by atoms with Crippen molar-refractivity contribution in [2.24, 2.45) is 10.7 Å². The van der Waals surface area contributed by atoms with Gasteiger partial charge in [0.1, 0.15) is 5.82 Å². The fourth-order valence-corrected chi connectivity index (χ4v) is 1.45. The lowest BCUT2D eigenvalue weighted by molar-refractivity contribution is -0.116. The maximum absolute atomic E-state index is 11.7. The van der Waals surface area contributed by atoms with Gasteiger partial charge in [-0.2, -0.15) is 0 Å². The van der Waals surface area contributed by atoms with E-state index in [2.05, 4.69) is 20.6 Å². The molecular formula is C14H23N5O. The SMILES string of the molecule is Cc1ccc(NC(=O)CCN=C(N)NC(C)(C)C)nc1. The summed E-state index contributed by atoms with van der Waals surface area (Å²) < 4.78 is 0. The summed E-state index contributed by atoms with van der Waals surface area (Å²) in [7, 11) is 0. The number of anilines is 1. The lowest BCUT2D eigenvalue weighted by atomic mass is 10.1. The summed E-state index contributed by atoms with van der Waals surface area (Å²) >= 11 is 0. The molecule has 0 saturated carbocycles. The summed E-state index contributed by atoms with van der Waals surface area (Å²) in [5, 5.41) is 5.74. The Morgan fingerprint density at radius 2 is 2.10 bits per heavy atom. The smallest absolute Gasteiger partial charge is 0.227 e. The van der Waals surface area contributed by atoms with Crippen LogP contribution in [0.3, 0.4) is 0 Å². The predicted molar refractivity (Wildman–Crippen MR) is 81.6 cm³/mol. The Balaban J connectivity index is 2.36. The van der Waals surface area contributed by atoms with Crippen molar-refractivity contribution in [3.05, 3.63) is 23.9 Å². The molecule has 0 atom stereocenters. The molecule has 0 unspecified atom stereocenters. The Morgan fingerprint density at radius 3 is 2.65 bits per heavy atom. The summed E-state index contributed by atoms with van der Waals surface area (Å²) in [6.45, 7) is 8.26. The molecule has 1 aromatic rings. The zero-order valence-electron chi connectivity index (χ0n) is 12.5. The van der Waals surface area contributed by atoms with E-state index in [4.69, 9.17) is 5.73 Å². The van der Waals surface area contributed by atoms with Gasteiger partial charge in [-0.1, -0.05) is 6.07 Å². The minimum Gasteiger partial charge on any atom is -0.370 e. The quantitative estimate of drug-likeness (QED) is 0.573. The molecule has 6 nitrogen and oxygen atoms in total. The molecule has 110 valence electrons. The fraction of sp³-hybridized carbons (Fsp3) is 0.500. The van der Waals surface area contributed by atoms with E-state index in [-0.39, 0.29) is 17.9 Å². The van der Waals surface area contributed by atoms with Crippen LogP contribution < -0.4 is 16.4 Å². The van der Waals surface area contributed by atoms with Crippen molar-refractivity contribution in [1.29, 1.82) is 0 Å². The molecule has 4 N–H and O–H groups in total. The van der Waals surface area contributed by atoms with E-state index in [9.17, 15) is 4.79 Å². The van der Waals surface area contributed by atoms with E-state index >= 15 is 0 Å². The molecule has 0 spiro atoms. The molecule has 1 amide bonds. The van der Waals surface area contributed by atoms with Gasteiger partial charge < -0.3 is 16.4 Å². The van der Waals surface area contributed by atoms with Gasteiger partial charge in [0.05, 0.1) is 6.54 Å². The molecular weight excluding hydrogens is 254 g/mol. The number of rotatable bonds is 4. The first kappa shape index (κ1) is 15.9. The second-order valence-corrected chi connectivity index (χ2v) is 5.66. The second kappa shape index (κ2) is 6.88. The number of amides is 1. The number of aromatic nitrogens is 1. The zero-order valence-corrected chi connectivity index (χ0v) is 12.5. The number of hydrogen-bond acceptors (Lipinski definition) is 3. The second-order valence-electron chi connectivity index (χ2n) is 5.66. The average Bonchev–Trinajstić information content (AvgIpc) is 2.29. The van der Waals surface area contributed by atoms with Crippen molar-refractivity contribution in [2.75, 3.05) is 11.9 Å². The summed E-state index contributed by atoms with van der Waals surface area (Å²) in [4.78, 5) is 19.9. The molecule has 0 aliphatic rings. The van der Waals surface area contributed by atoms with Crippen molar-refractivity contribution in [1.82, 2.24) is 10.3 Å². The number of pyridine rings is 1. The Morgan fingerprint density at radius 1 is 1.40 bits per heavy atom. The molecule has 0 aliphatic heterocycles. The van der Waals surface area contributed by atoms with Crippen LogP contribution in [0.15, 0.2) is 23.3 Å². The largest absolute Gasteiger partial charge is 0.370 e. The van der Waals surface area contributed by atoms with Crippen LogP contribution in [-0.4, -0.2) is 28.9 Å². The zero-order chi connectivity index (χ0) is 15.2. The van der Waals surface area contributed by atoms with E-state index in [1.165, 1.54) is 0 Å². The predicted octanol–water partition coefficient (Wildman–Crippen LogP) is 1.42. The Bertz CT molecular complexity index is 473. The van der Waals surface area contributed by atoms with Crippen LogP contribution in [0.2, 0.25) is 0 Å². The number of hydrogen-bond donors (Lipinski definition) is 3. The topological polar surface area (TPSA) is 92.4 Å². The van der Waals surface area contributed by atoms with Gasteiger partial charge in [-0.15, -0.1) is 0 Å². The van der Waals surface area contributed by atoms with Crippen molar-refractivity contribution in [3.63, 3.8) is 0 Å².